The highest BCUT2D eigenvalue weighted by molar-refractivity contribution is 6.12. The number of alkyl halides is 5. The summed E-state index contributed by atoms with van der Waals surface area (Å²) < 4.78 is 81.5. The number of hydrogen-bond donors (Lipinski definition) is 6. The second-order valence-electron chi connectivity index (χ2n) is 18.9. The number of aryl methyl sites for hydroxylation is 1. The van der Waals surface area contributed by atoms with E-state index in [0.29, 0.717) is 85.6 Å². The van der Waals surface area contributed by atoms with Crippen molar-refractivity contribution in [2.45, 2.75) is 127 Å². The first kappa shape index (κ1) is 48.9. The van der Waals surface area contributed by atoms with E-state index in [4.69, 9.17) is 20.5 Å². The molecule has 1 spiro atoms. The Bertz CT molecular complexity index is 2510. The number of aliphatic imine (C=N–C) groups is 1. The summed E-state index contributed by atoms with van der Waals surface area (Å²) >= 11 is 0. The fourth-order valence-electron chi connectivity index (χ4n) is 10.7. The number of benzene rings is 2. The van der Waals surface area contributed by atoms with Crippen LogP contribution in [-0.2, 0) is 26.9 Å². The Balaban J connectivity index is 0.00000722. The number of anilines is 1. The normalized spacial score (nSPS) is 25.1. The molecule has 14 nitrogen and oxygen atoms in total. The van der Waals surface area contributed by atoms with Gasteiger partial charge in [-0.3, -0.25) is 30.8 Å². The summed E-state index contributed by atoms with van der Waals surface area (Å²) in [5.41, 5.74) is 14.3. The van der Waals surface area contributed by atoms with Crippen molar-refractivity contribution in [3.05, 3.63) is 99.4 Å². The maximum Gasteiger partial charge on any atom is 0.417 e. The number of nitriles is 1. The largest absolute Gasteiger partial charge is 0.490 e. The summed E-state index contributed by atoms with van der Waals surface area (Å²) in [6.45, 7) is 2.79. The predicted octanol–water partition coefficient (Wildman–Crippen LogP) is 8.03. The molecule has 6 aliphatic rings. The summed E-state index contributed by atoms with van der Waals surface area (Å²) in [4.78, 5) is 33.3. The Morgan fingerprint density at radius 1 is 1.01 bits per heavy atom. The van der Waals surface area contributed by atoms with Crippen LogP contribution in [0.25, 0.3) is 5.57 Å². The third-order valence-corrected chi connectivity index (χ3v) is 14.4. The molecular weight excluding hydrogens is 900 g/mol. The number of hydrazine groups is 1. The van der Waals surface area contributed by atoms with E-state index in [1.807, 2.05) is 4.90 Å². The maximum atomic E-state index is 14.6. The number of ether oxygens (including phenoxy) is 2. The van der Waals surface area contributed by atoms with E-state index in [9.17, 15) is 37.0 Å². The number of nitrogens with zero attached hydrogens (tertiary/aromatic N) is 4. The van der Waals surface area contributed by atoms with Crippen molar-refractivity contribution >= 4 is 35.1 Å². The highest BCUT2D eigenvalue weighted by Crippen LogP contribution is 2.53. The smallest absolute Gasteiger partial charge is 0.417 e. The van der Waals surface area contributed by atoms with Crippen LogP contribution in [-0.4, -0.2) is 79.7 Å². The average molecular weight is 961 g/mol. The summed E-state index contributed by atoms with van der Waals surface area (Å²) in [6, 6.07) is 8.19. The number of allylic oxidation sites excluding steroid dienone is 3. The number of carbonyl (C=O) groups is 2. The first-order chi connectivity index (χ1) is 33.1. The van der Waals surface area contributed by atoms with E-state index >= 15 is 0 Å². The number of carbonyl (C=O) groups excluding carboxylic acids is 2. The van der Waals surface area contributed by atoms with Crippen LogP contribution in [0.15, 0.2) is 76.5 Å². The number of amides is 2. The van der Waals surface area contributed by atoms with Gasteiger partial charge in [0, 0.05) is 93.6 Å². The fraction of sp³-hybridized carbons (Fsp3) is 0.500. The SMILES string of the molecule is CN=C/C(=C\N)c1cc2c(cc1C(F)F)N(C(=N)C1=C(NC3CCC4(CC3)CC(OC3=CC=C(C(=O)NC5CCC(Oc6ccc(C#N)c(C(F)(F)F)c6)CC5)NN3)C4)CCN(C(C)=O)C1)CCC2.[HH]. The zero-order chi connectivity index (χ0) is 49.0. The van der Waals surface area contributed by atoms with Gasteiger partial charge in [0.25, 0.3) is 12.3 Å². The van der Waals surface area contributed by atoms with Crippen LogP contribution in [0.3, 0.4) is 0 Å². The molecule has 3 heterocycles. The molecule has 0 bridgehead atoms. The molecule has 0 atom stereocenters. The lowest BCUT2D eigenvalue weighted by Gasteiger charge is -2.51. The molecule has 0 saturated heterocycles. The van der Waals surface area contributed by atoms with Gasteiger partial charge in [0.1, 0.15) is 23.4 Å². The number of fused-ring (bicyclic) bond motifs is 1. The first-order valence-corrected chi connectivity index (χ1v) is 23.7. The zero-order valence-corrected chi connectivity index (χ0v) is 38.8. The Morgan fingerprint density at radius 2 is 1.77 bits per heavy atom. The van der Waals surface area contributed by atoms with Gasteiger partial charge in [0.05, 0.1) is 29.8 Å². The zero-order valence-electron chi connectivity index (χ0n) is 38.8. The van der Waals surface area contributed by atoms with Crippen LogP contribution in [0, 0.1) is 22.2 Å². The lowest BCUT2D eigenvalue weighted by Crippen LogP contribution is -2.50. The van der Waals surface area contributed by atoms with Crippen molar-refractivity contribution in [2.24, 2.45) is 16.1 Å². The Labute approximate surface area is 399 Å². The number of rotatable bonds is 12. The summed E-state index contributed by atoms with van der Waals surface area (Å²) in [6.07, 6.45) is 8.23. The van der Waals surface area contributed by atoms with Gasteiger partial charge >= 0.3 is 6.18 Å². The van der Waals surface area contributed by atoms with Gasteiger partial charge < -0.3 is 35.6 Å². The average Bonchev–Trinajstić information content (AvgIpc) is 3.33. The molecule has 69 heavy (non-hydrogen) atoms. The van der Waals surface area contributed by atoms with Crippen molar-refractivity contribution in [2.75, 3.05) is 31.6 Å². The number of hydrogen-bond acceptors (Lipinski definition) is 11. The number of nitrogens with one attached hydrogen (secondary N) is 5. The summed E-state index contributed by atoms with van der Waals surface area (Å²) in [5.74, 6) is 0.395. The van der Waals surface area contributed by atoms with Gasteiger partial charge in [-0.05, 0) is 130 Å². The first-order valence-electron chi connectivity index (χ1n) is 23.7. The molecule has 2 amide bonds. The predicted molar refractivity (Wildman–Crippen MR) is 253 cm³/mol. The minimum Gasteiger partial charge on any atom is -0.490 e. The number of amidine groups is 1. The van der Waals surface area contributed by atoms with Crippen LogP contribution < -0.4 is 36.9 Å². The molecule has 3 fully saturated rings. The van der Waals surface area contributed by atoms with Crippen LogP contribution in [0.5, 0.6) is 5.75 Å². The molecule has 3 aliphatic carbocycles. The van der Waals surface area contributed by atoms with Crippen molar-refractivity contribution in [1.82, 2.24) is 26.4 Å². The molecule has 2 aromatic rings. The molecule has 0 aromatic heterocycles. The van der Waals surface area contributed by atoms with Crippen molar-refractivity contribution in [3.63, 3.8) is 0 Å². The molecule has 19 heteroatoms. The second kappa shape index (κ2) is 20.6. The monoisotopic (exact) mass is 960 g/mol. The van der Waals surface area contributed by atoms with E-state index in [0.717, 1.165) is 68.3 Å². The van der Waals surface area contributed by atoms with Gasteiger partial charge in [-0.1, -0.05) is 0 Å². The lowest BCUT2D eigenvalue weighted by atomic mass is 9.58. The molecular formula is C50H61F5N10O4. The Kier molecular flexibility index (Phi) is 14.6. The second-order valence-corrected chi connectivity index (χ2v) is 18.9. The fourth-order valence-corrected chi connectivity index (χ4v) is 10.7. The van der Waals surface area contributed by atoms with Gasteiger partial charge in [-0.25, -0.2) is 8.78 Å². The topological polar surface area (TPSA) is 193 Å². The quantitative estimate of drug-likeness (QED) is 0.0690. The molecule has 2 aromatic carbocycles. The van der Waals surface area contributed by atoms with Crippen LogP contribution >= 0.6 is 0 Å². The molecule has 0 unspecified atom stereocenters. The maximum absolute atomic E-state index is 14.6. The number of nitrogens with two attached hydrogens (primary N) is 1. The van der Waals surface area contributed by atoms with E-state index < -0.39 is 23.7 Å². The van der Waals surface area contributed by atoms with Crippen molar-refractivity contribution in [3.8, 4) is 11.8 Å². The third kappa shape index (κ3) is 11.0. The van der Waals surface area contributed by atoms with Crippen molar-refractivity contribution < 1.29 is 42.4 Å². The standard InChI is InChI=1S/C50H59F5N10O4.H2/c1-29(66)64-19-15-42(40(28-64)47(58)65-18-3-4-30-20-38(32(26-57)27-59-2)39(46(51)52)22-44(30)65)60-34-13-16-49(17-14-34)23-37(24-49)69-45-12-11-43(62-63-45)48(67)61-33-6-9-35(10-7-33)68-36-8-5-31(25-56)41(21-36)50(53,54)55;/h5,8,11-12,20-22,26-27,33-35,37,46,58,60,62-63H,3-4,6-7,9-10,13-19,23-24,28,57H2,1-2H3,(H,61,67);1H/b32-26+,58-47?,59-27?;. The van der Waals surface area contributed by atoms with E-state index in [1.54, 1.807) is 36.2 Å². The molecule has 0 radical (unpaired) electrons. The van der Waals surface area contributed by atoms with Crippen LogP contribution in [0.2, 0.25) is 0 Å². The Hall–Kier alpha value is -6.58. The van der Waals surface area contributed by atoms with Gasteiger partial charge in [0.15, 0.2) is 0 Å². The minimum absolute atomic E-state index is 0. The van der Waals surface area contributed by atoms with E-state index in [-0.39, 0.29) is 66.6 Å². The molecule has 7 N–H and O–H groups in total. The van der Waals surface area contributed by atoms with Crippen LogP contribution in [0.4, 0.5) is 27.6 Å². The Morgan fingerprint density at radius 3 is 2.41 bits per heavy atom. The van der Waals surface area contributed by atoms with Crippen molar-refractivity contribution in [1.29, 1.82) is 10.7 Å². The van der Waals surface area contributed by atoms with E-state index in [1.165, 1.54) is 31.5 Å². The highest BCUT2D eigenvalue weighted by Gasteiger charge is 2.48. The summed E-state index contributed by atoms with van der Waals surface area (Å²) in [5, 5.41) is 25.4. The molecule has 8 rings (SSSR count). The highest BCUT2D eigenvalue weighted by atomic mass is 19.4. The third-order valence-electron chi connectivity index (χ3n) is 14.4. The van der Waals surface area contributed by atoms with Crippen LogP contribution in [0.1, 0.15) is 120 Å². The summed E-state index contributed by atoms with van der Waals surface area (Å²) in [7, 11) is 1.56. The lowest BCUT2D eigenvalue weighted by molar-refractivity contribution is -0.138. The van der Waals surface area contributed by atoms with E-state index in [2.05, 4.69) is 26.5 Å². The minimum atomic E-state index is -4.67. The van der Waals surface area contributed by atoms with Gasteiger partial charge in [-0.15, -0.1) is 0 Å². The molecule has 3 saturated carbocycles. The number of halogens is 5. The van der Waals surface area contributed by atoms with Gasteiger partial charge in [0.2, 0.25) is 11.8 Å². The molecule has 3 aliphatic heterocycles. The van der Waals surface area contributed by atoms with Gasteiger partial charge in [-0.2, -0.15) is 18.4 Å². The molecule has 370 valence electrons.